The lowest BCUT2D eigenvalue weighted by molar-refractivity contribution is 0.588. The summed E-state index contributed by atoms with van der Waals surface area (Å²) in [4.78, 5) is 2.07. The topological polar surface area (TPSA) is 87.5 Å². The quantitative estimate of drug-likeness (QED) is 0.626. The van der Waals surface area contributed by atoms with Crippen LogP contribution in [0.2, 0.25) is 0 Å². The van der Waals surface area contributed by atoms with E-state index in [1.54, 1.807) is 12.1 Å². The smallest absolute Gasteiger partial charge is 0.242 e. The van der Waals surface area contributed by atoms with Crippen molar-refractivity contribution in [3.63, 3.8) is 0 Å². The maximum atomic E-state index is 11.9. The van der Waals surface area contributed by atoms with Crippen molar-refractivity contribution in [2.45, 2.75) is 4.90 Å². The maximum Gasteiger partial charge on any atom is 0.242 e. The fourth-order valence-corrected chi connectivity index (χ4v) is 2.58. The molecule has 7 heteroatoms. The highest BCUT2D eigenvalue weighted by atomic mass is 32.2. The molecule has 102 valence electrons. The van der Waals surface area contributed by atoms with E-state index in [9.17, 15) is 8.42 Å². The van der Waals surface area contributed by atoms with Gasteiger partial charge in [0.05, 0.1) is 5.69 Å². The van der Waals surface area contributed by atoms with Crippen LogP contribution < -0.4 is 20.7 Å². The standard InChI is InChI=1S/C11H20N4O2S/c1-13-6-7-15(3)10-5-4-9(12)8-11(10)18(16,17)14-2/h4-5,8,13-14H,6-7,12H2,1-3H3. The molecule has 0 unspecified atom stereocenters. The van der Waals surface area contributed by atoms with Crippen LogP contribution in [-0.2, 0) is 10.0 Å². The van der Waals surface area contributed by atoms with Crippen LogP contribution in [0.5, 0.6) is 0 Å². The van der Waals surface area contributed by atoms with Crippen LogP contribution in [0.15, 0.2) is 23.1 Å². The summed E-state index contributed by atoms with van der Waals surface area (Å²) in [6.45, 7) is 1.46. The monoisotopic (exact) mass is 272 g/mol. The molecule has 0 atom stereocenters. The average Bonchev–Trinajstić information content (AvgIpc) is 2.35. The first-order valence-corrected chi connectivity index (χ1v) is 7.09. The Hall–Kier alpha value is -1.31. The third-order valence-electron chi connectivity index (χ3n) is 2.65. The molecule has 0 radical (unpaired) electrons. The van der Waals surface area contributed by atoms with Gasteiger partial charge in [0.1, 0.15) is 4.90 Å². The fourth-order valence-electron chi connectivity index (χ4n) is 1.57. The van der Waals surface area contributed by atoms with Gasteiger partial charge in [-0.15, -0.1) is 0 Å². The van der Waals surface area contributed by atoms with Crippen LogP contribution in [-0.4, -0.2) is 42.7 Å². The highest BCUT2D eigenvalue weighted by Gasteiger charge is 2.19. The third kappa shape index (κ3) is 3.34. The summed E-state index contributed by atoms with van der Waals surface area (Å²) in [5, 5.41) is 3.02. The van der Waals surface area contributed by atoms with Crippen LogP contribution in [0.4, 0.5) is 11.4 Å². The molecule has 0 saturated carbocycles. The molecule has 0 aliphatic heterocycles. The minimum atomic E-state index is -3.51. The minimum Gasteiger partial charge on any atom is -0.399 e. The van der Waals surface area contributed by atoms with Gasteiger partial charge in [-0.3, -0.25) is 0 Å². The molecule has 6 nitrogen and oxygen atoms in total. The molecule has 0 bridgehead atoms. The van der Waals surface area contributed by atoms with Gasteiger partial charge in [-0.1, -0.05) is 0 Å². The Kier molecular flexibility index (Phi) is 4.94. The lowest BCUT2D eigenvalue weighted by atomic mass is 10.2. The number of likely N-dealkylation sites (N-methyl/N-ethyl adjacent to an activating group) is 2. The van der Waals surface area contributed by atoms with Gasteiger partial charge in [0.15, 0.2) is 0 Å². The van der Waals surface area contributed by atoms with E-state index in [1.165, 1.54) is 13.1 Å². The molecule has 0 spiro atoms. The number of hydrogen-bond acceptors (Lipinski definition) is 5. The fraction of sp³-hybridized carbons (Fsp3) is 0.455. The van der Waals surface area contributed by atoms with E-state index in [4.69, 9.17) is 5.73 Å². The molecule has 0 fully saturated rings. The summed E-state index contributed by atoms with van der Waals surface area (Å²) in [5.74, 6) is 0. The van der Waals surface area contributed by atoms with Gasteiger partial charge in [-0.25, -0.2) is 13.1 Å². The minimum absolute atomic E-state index is 0.198. The Balaban J connectivity index is 3.19. The van der Waals surface area contributed by atoms with Crippen molar-refractivity contribution in [2.75, 3.05) is 44.9 Å². The van der Waals surface area contributed by atoms with E-state index in [0.717, 1.165) is 6.54 Å². The molecule has 1 aromatic carbocycles. The summed E-state index contributed by atoms with van der Waals surface area (Å²) < 4.78 is 26.2. The number of nitrogen functional groups attached to an aromatic ring is 1. The predicted octanol–water partition coefficient (Wildman–Crippen LogP) is -0.167. The van der Waals surface area contributed by atoms with E-state index < -0.39 is 10.0 Å². The summed E-state index contributed by atoms with van der Waals surface area (Å²) in [6, 6.07) is 4.88. The second-order valence-electron chi connectivity index (χ2n) is 3.96. The molecular formula is C11H20N4O2S. The first-order chi connectivity index (χ1) is 8.42. The number of benzene rings is 1. The maximum absolute atomic E-state index is 11.9. The molecule has 0 heterocycles. The molecule has 0 amide bonds. The van der Waals surface area contributed by atoms with E-state index in [2.05, 4.69) is 10.0 Å². The Morgan fingerprint density at radius 2 is 2.00 bits per heavy atom. The van der Waals surface area contributed by atoms with Crippen LogP contribution >= 0.6 is 0 Å². The van der Waals surface area contributed by atoms with Gasteiger partial charge in [-0.05, 0) is 32.3 Å². The van der Waals surface area contributed by atoms with Gasteiger partial charge in [0.25, 0.3) is 0 Å². The Bertz CT molecular complexity index is 502. The highest BCUT2D eigenvalue weighted by Crippen LogP contribution is 2.26. The van der Waals surface area contributed by atoms with Crippen molar-refractivity contribution in [2.24, 2.45) is 0 Å². The summed E-state index contributed by atoms with van der Waals surface area (Å²) >= 11 is 0. The van der Waals surface area contributed by atoms with Gasteiger partial charge in [-0.2, -0.15) is 0 Å². The SMILES string of the molecule is CNCCN(C)c1ccc(N)cc1S(=O)(=O)NC. The van der Waals surface area contributed by atoms with Gasteiger partial charge in [0, 0.05) is 25.8 Å². The van der Waals surface area contributed by atoms with Gasteiger partial charge < -0.3 is 16.0 Å². The van der Waals surface area contributed by atoms with E-state index in [0.29, 0.717) is 17.9 Å². The van der Waals surface area contributed by atoms with Crippen molar-refractivity contribution in [3.05, 3.63) is 18.2 Å². The molecule has 4 N–H and O–H groups in total. The van der Waals surface area contributed by atoms with Crippen LogP contribution in [0, 0.1) is 0 Å². The van der Waals surface area contributed by atoms with E-state index >= 15 is 0 Å². The second kappa shape index (κ2) is 6.03. The number of sulfonamides is 1. The molecule has 0 aromatic heterocycles. The molecule has 0 aliphatic rings. The predicted molar refractivity (Wildman–Crippen MR) is 74.3 cm³/mol. The lowest BCUT2D eigenvalue weighted by Crippen LogP contribution is -2.29. The molecule has 0 saturated heterocycles. The van der Waals surface area contributed by atoms with Crippen molar-refractivity contribution >= 4 is 21.4 Å². The lowest BCUT2D eigenvalue weighted by Gasteiger charge is -2.22. The number of nitrogens with two attached hydrogens (primary N) is 1. The molecule has 18 heavy (non-hydrogen) atoms. The van der Waals surface area contributed by atoms with Crippen LogP contribution in [0.25, 0.3) is 0 Å². The summed E-state index contributed by atoms with van der Waals surface area (Å²) in [7, 11) is 1.57. The van der Waals surface area contributed by atoms with Crippen molar-refractivity contribution < 1.29 is 8.42 Å². The number of anilines is 2. The third-order valence-corrected chi connectivity index (χ3v) is 4.09. The summed E-state index contributed by atoms with van der Waals surface area (Å²) in [5.41, 5.74) is 6.71. The molecular weight excluding hydrogens is 252 g/mol. The van der Waals surface area contributed by atoms with E-state index in [-0.39, 0.29) is 4.90 Å². The number of nitrogens with one attached hydrogen (secondary N) is 2. The zero-order valence-corrected chi connectivity index (χ0v) is 11.7. The van der Waals surface area contributed by atoms with E-state index in [1.807, 2.05) is 19.0 Å². The highest BCUT2D eigenvalue weighted by molar-refractivity contribution is 7.89. The van der Waals surface area contributed by atoms with Gasteiger partial charge in [0.2, 0.25) is 10.0 Å². The number of rotatable bonds is 6. The van der Waals surface area contributed by atoms with Gasteiger partial charge >= 0.3 is 0 Å². The van der Waals surface area contributed by atoms with Crippen molar-refractivity contribution in [1.29, 1.82) is 0 Å². The normalized spacial score (nSPS) is 11.5. The Morgan fingerprint density at radius 1 is 1.33 bits per heavy atom. The van der Waals surface area contributed by atoms with Crippen molar-refractivity contribution in [1.82, 2.24) is 10.0 Å². The first kappa shape index (κ1) is 14.7. The number of nitrogens with zero attached hydrogens (tertiary/aromatic N) is 1. The molecule has 1 aromatic rings. The second-order valence-corrected chi connectivity index (χ2v) is 5.81. The molecule has 0 aliphatic carbocycles. The number of hydrogen-bond donors (Lipinski definition) is 3. The van der Waals surface area contributed by atoms with Crippen LogP contribution in [0.1, 0.15) is 0 Å². The Labute approximate surface area is 108 Å². The largest absolute Gasteiger partial charge is 0.399 e. The first-order valence-electron chi connectivity index (χ1n) is 5.61. The zero-order chi connectivity index (χ0) is 13.8. The molecule has 1 rings (SSSR count). The summed E-state index contributed by atoms with van der Waals surface area (Å²) in [6.07, 6.45) is 0. The van der Waals surface area contributed by atoms with Crippen molar-refractivity contribution in [3.8, 4) is 0 Å². The Morgan fingerprint density at radius 3 is 2.56 bits per heavy atom. The average molecular weight is 272 g/mol. The zero-order valence-electron chi connectivity index (χ0n) is 10.9. The van der Waals surface area contributed by atoms with Crippen LogP contribution in [0.3, 0.4) is 0 Å².